The molecule has 0 bridgehead atoms. The van der Waals surface area contributed by atoms with Crippen molar-refractivity contribution < 1.29 is 23.9 Å². The number of aryl methyl sites for hydroxylation is 1. The number of hydrogen-bond acceptors (Lipinski definition) is 6. The minimum Gasteiger partial charge on any atom is -0.449 e. The van der Waals surface area contributed by atoms with Gasteiger partial charge in [-0.25, -0.2) is 4.79 Å². The molecular formula is C22H24N2O5S. The van der Waals surface area contributed by atoms with E-state index in [0.29, 0.717) is 21.8 Å². The largest absolute Gasteiger partial charge is 0.449 e. The van der Waals surface area contributed by atoms with Gasteiger partial charge in [-0.05, 0) is 69.4 Å². The van der Waals surface area contributed by atoms with Gasteiger partial charge in [0.05, 0.1) is 5.56 Å². The first kappa shape index (κ1) is 21.7. The Hall–Kier alpha value is -3.00. The minimum absolute atomic E-state index is 0.0655. The number of nitrogens with one attached hydrogen (secondary N) is 2. The molecule has 3 rings (SSSR count). The van der Waals surface area contributed by atoms with E-state index in [1.165, 1.54) is 32.1 Å². The Morgan fingerprint density at radius 2 is 1.67 bits per heavy atom. The van der Waals surface area contributed by atoms with Crippen molar-refractivity contribution in [3.05, 3.63) is 45.8 Å². The van der Waals surface area contributed by atoms with Crippen LogP contribution in [0.15, 0.2) is 24.3 Å². The fourth-order valence-corrected chi connectivity index (χ4v) is 4.66. The molecule has 2 amide bonds. The van der Waals surface area contributed by atoms with Gasteiger partial charge >= 0.3 is 5.97 Å². The molecule has 8 heteroatoms. The summed E-state index contributed by atoms with van der Waals surface area (Å²) in [5, 5.41) is 5.87. The lowest BCUT2D eigenvalue weighted by atomic mass is 9.95. The molecule has 2 N–H and O–H groups in total. The number of thiophene rings is 1. The molecular weight excluding hydrogens is 404 g/mol. The first-order chi connectivity index (χ1) is 14.3. The van der Waals surface area contributed by atoms with E-state index in [9.17, 15) is 19.2 Å². The number of esters is 1. The molecule has 0 saturated carbocycles. The number of anilines is 2. The van der Waals surface area contributed by atoms with Crippen molar-refractivity contribution in [3.63, 3.8) is 0 Å². The first-order valence-corrected chi connectivity index (χ1v) is 10.6. The topological polar surface area (TPSA) is 102 Å². The Bertz CT molecular complexity index is 994. The summed E-state index contributed by atoms with van der Waals surface area (Å²) < 4.78 is 5.43. The molecule has 1 unspecified atom stereocenters. The van der Waals surface area contributed by atoms with Crippen LogP contribution in [0, 0.1) is 0 Å². The molecule has 1 aromatic carbocycles. The number of amides is 2. The van der Waals surface area contributed by atoms with E-state index in [-0.39, 0.29) is 11.7 Å². The highest BCUT2D eigenvalue weighted by Crippen LogP contribution is 2.38. The van der Waals surface area contributed by atoms with Gasteiger partial charge in [0, 0.05) is 23.1 Å². The second-order valence-electron chi connectivity index (χ2n) is 7.27. The molecule has 1 aliphatic rings. The number of Topliss-reactive ketones (excluding diaryl/α,β-unsaturated/α-hetero) is 1. The highest BCUT2D eigenvalue weighted by molar-refractivity contribution is 7.17. The van der Waals surface area contributed by atoms with Crippen LogP contribution in [0.25, 0.3) is 0 Å². The molecule has 1 aliphatic carbocycles. The van der Waals surface area contributed by atoms with Crippen molar-refractivity contribution >= 4 is 45.6 Å². The maximum atomic E-state index is 12.9. The van der Waals surface area contributed by atoms with E-state index in [1.54, 1.807) is 24.3 Å². The maximum absolute atomic E-state index is 12.9. The molecule has 0 fully saturated rings. The molecule has 2 aromatic rings. The third-order valence-electron chi connectivity index (χ3n) is 4.88. The van der Waals surface area contributed by atoms with Crippen LogP contribution in [0.5, 0.6) is 0 Å². The third kappa shape index (κ3) is 4.94. The van der Waals surface area contributed by atoms with E-state index in [2.05, 4.69) is 10.6 Å². The van der Waals surface area contributed by atoms with Crippen molar-refractivity contribution in [1.29, 1.82) is 0 Å². The number of carbonyl (C=O) groups is 4. The minimum atomic E-state index is -1.03. The number of carbonyl (C=O) groups excluding carboxylic acids is 4. The number of ketones is 1. The predicted molar refractivity (Wildman–Crippen MR) is 115 cm³/mol. The van der Waals surface area contributed by atoms with Gasteiger partial charge in [-0.3, -0.25) is 14.4 Å². The first-order valence-electron chi connectivity index (χ1n) is 9.81. The smallest absolute Gasteiger partial charge is 0.342 e. The van der Waals surface area contributed by atoms with Gasteiger partial charge in [-0.15, -0.1) is 11.3 Å². The Morgan fingerprint density at radius 3 is 2.30 bits per heavy atom. The third-order valence-corrected chi connectivity index (χ3v) is 6.08. The van der Waals surface area contributed by atoms with Gasteiger partial charge in [-0.2, -0.15) is 0 Å². The van der Waals surface area contributed by atoms with Crippen molar-refractivity contribution in [2.75, 3.05) is 10.6 Å². The van der Waals surface area contributed by atoms with E-state index in [1.807, 2.05) is 0 Å². The zero-order valence-corrected chi connectivity index (χ0v) is 18.0. The van der Waals surface area contributed by atoms with Crippen molar-refractivity contribution in [2.45, 2.75) is 52.6 Å². The molecule has 30 heavy (non-hydrogen) atoms. The summed E-state index contributed by atoms with van der Waals surface area (Å²) in [6.45, 7) is 4.35. The number of rotatable bonds is 6. The second kappa shape index (κ2) is 9.21. The fraction of sp³-hybridized carbons (Fsp3) is 0.364. The van der Waals surface area contributed by atoms with E-state index in [0.717, 1.165) is 36.1 Å². The van der Waals surface area contributed by atoms with Gasteiger partial charge < -0.3 is 15.4 Å². The Kier molecular flexibility index (Phi) is 6.66. The van der Waals surface area contributed by atoms with Gasteiger partial charge in [0.2, 0.25) is 5.91 Å². The van der Waals surface area contributed by atoms with E-state index >= 15 is 0 Å². The summed E-state index contributed by atoms with van der Waals surface area (Å²) in [6.07, 6.45) is 2.60. The van der Waals surface area contributed by atoms with Crippen LogP contribution in [-0.4, -0.2) is 29.7 Å². The van der Waals surface area contributed by atoms with E-state index in [4.69, 9.17) is 4.74 Å². The summed E-state index contributed by atoms with van der Waals surface area (Å²) in [5.74, 6) is -1.43. The van der Waals surface area contributed by atoms with Crippen LogP contribution in [0.4, 0.5) is 10.7 Å². The van der Waals surface area contributed by atoms with Crippen molar-refractivity contribution in [2.24, 2.45) is 0 Å². The van der Waals surface area contributed by atoms with Crippen LogP contribution in [-0.2, 0) is 27.2 Å². The van der Waals surface area contributed by atoms with Gasteiger partial charge in [0.15, 0.2) is 11.9 Å². The number of fused-ring (bicyclic) bond motifs is 1. The fourth-order valence-electron chi connectivity index (χ4n) is 3.33. The molecule has 0 spiro atoms. The summed E-state index contributed by atoms with van der Waals surface area (Å²) in [5.41, 5.74) is 2.31. The Labute approximate surface area is 178 Å². The van der Waals surface area contributed by atoms with Gasteiger partial charge in [-0.1, -0.05) is 0 Å². The molecule has 1 atom stereocenters. The highest BCUT2D eigenvalue weighted by Gasteiger charge is 2.29. The van der Waals surface area contributed by atoms with Gasteiger partial charge in [0.1, 0.15) is 5.00 Å². The zero-order valence-electron chi connectivity index (χ0n) is 17.2. The molecule has 7 nitrogen and oxygen atoms in total. The van der Waals surface area contributed by atoms with Crippen LogP contribution in [0.3, 0.4) is 0 Å². The Morgan fingerprint density at radius 1 is 1.00 bits per heavy atom. The van der Waals surface area contributed by atoms with Crippen LogP contribution in [0.1, 0.15) is 64.8 Å². The Balaban J connectivity index is 1.72. The predicted octanol–water partition coefficient (Wildman–Crippen LogP) is 3.97. The van der Waals surface area contributed by atoms with Crippen molar-refractivity contribution in [1.82, 2.24) is 0 Å². The lowest BCUT2D eigenvalue weighted by molar-refractivity contribution is -0.123. The maximum Gasteiger partial charge on any atom is 0.342 e. The molecule has 1 aromatic heterocycles. The van der Waals surface area contributed by atoms with E-state index < -0.39 is 18.0 Å². The number of ether oxygens (including phenoxy) is 1. The monoisotopic (exact) mass is 428 g/mol. The average molecular weight is 429 g/mol. The van der Waals surface area contributed by atoms with Crippen LogP contribution >= 0.6 is 11.3 Å². The average Bonchev–Trinajstić information content (AvgIpc) is 3.05. The number of hydrogen-bond donors (Lipinski definition) is 2. The van der Waals surface area contributed by atoms with Crippen molar-refractivity contribution in [3.8, 4) is 0 Å². The molecule has 1 heterocycles. The second-order valence-corrected chi connectivity index (χ2v) is 8.37. The van der Waals surface area contributed by atoms with Gasteiger partial charge in [0.25, 0.3) is 5.91 Å². The normalized spacial score (nSPS) is 13.7. The molecule has 0 saturated heterocycles. The summed E-state index contributed by atoms with van der Waals surface area (Å²) in [6, 6.07) is 6.47. The number of benzene rings is 1. The standard InChI is InChI=1S/C22H24N2O5S/c1-12(25)15-8-10-16(11-9-15)24-20(27)13(2)29-22(28)19-17-6-4-5-7-18(17)30-21(19)23-14(3)26/h8-11,13H,4-7H2,1-3H3,(H,23,26)(H,24,27). The lowest BCUT2D eigenvalue weighted by Gasteiger charge is -2.16. The van der Waals surface area contributed by atoms with Crippen LogP contribution < -0.4 is 10.6 Å². The van der Waals surface area contributed by atoms with Crippen LogP contribution in [0.2, 0.25) is 0 Å². The molecule has 158 valence electrons. The summed E-state index contributed by atoms with van der Waals surface area (Å²) in [4.78, 5) is 49.3. The highest BCUT2D eigenvalue weighted by atomic mass is 32.1. The SMILES string of the molecule is CC(=O)Nc1sc2c(c1C(=O)OC(C)C(=O)Nc1ccc(C(C)=O)cc1)CCCC2. The summed E-state index contributed by atoms with van der Waals surface area (Å²) >= 11 is 1.40. The summed E-state index contributed by atoms with van der Waals surface area (Å²) in [7, 11) is 0. The quantitative estimate of drug-likeness (QED) is 0.535. The molecule has 0 aliphatic heterocycles. The molecule has 0 radical (unpaired) electrons. The zero-order chi connectivity index (χ0) is 21.8. The lowest BCUT2D eigenvalue weighted by Crippen LogP contribution is -2.30.